The minimum absolute atomic E-state index is 0.0237. The topological polar surface area (TPSA) is 74.8 Å². The van der Waals surface area contributed by atoms with Crippen LogP contribution in [0.3, 0.4) is 0 Å². The number of hydrogen-bond donors (Lipinski definition) is 3. The van der Waals surface area contributed by atoms with Crippen LogP contribution in [0.2, 0.25) is 5.02 Å². The molecule has 1 atom stereocenters. The first-order chi connectivity index (χ1) is 9.52. The minimum atomic E-state index is -0.174. The molecule has 1 aromatic rings. The maximum Gasteiger partial charge on any atom is 0.275 e. The number of halogens is 1. The number of nitrogens with two attached hydrogens (primary N) is 1. The van der Waals surface area contributed by atoms with Gasteiger partial charge < -0.3 is 16.0 Å². The van der Waals surface area contributed by atoms with Crippen molar-refractivity contribution < 1.29 is 14.9 Å². The highest BCUT2D eigenvalue weighted by Crippen LogP contribution is 2.13. The van der Waals surface area contributed by atoms with E-state index in [9.17, 15) is 9.59 Å². The second-order valence-corrected chi connectivity index (χ2v) is 4.95. The van der Waals surface area contributed by atoms with Crippen molar-refractivity contribution >= 4 is 23.4 Å². The third kappa shape index (κ3) is 6.04. The average Bonchev–Trinajstić information content (AvgIpc) is 2.43. The van der Waals surface area contributed by atoms with Gasteiger partial charge in [0.15, 0.2) is 6.54 Å². The van der Waals surface area contributed by atoms with Gasteiger partial charge in [0, 0.05) is 17.1 Å². The highest BCUT2D eigenvalue weighted by Gasteiger charge is 2.11. The van der Waals surface area contributed by atoms with Gasteiger partial charge in [0.05, 0.1) is 6.54 Å². The number of rotatable bonds is 7. The van der Waals surface area contributed by atoms with Gasteiger partial charge in [0.1, 0.15) is 6.04 Å². The van der Waals surface area contributed by atoms with Crippen molar-refractivity contribution in [2.75, 3.05) is 19.6 Å². The first-order valence-electron chi connectivity index (χ1n) is 6.65. The molecule has 1 rings (SSSR count). The van der Waals surface area contributed by atoms with Gasteiger partial charge in [-0.15, -0.1) is 0 Å². The molecule has 4 N–H and O–H groups in total. The van der Waals surface area contributed by atoms with E-state index in [0.717, 1.165) is 5.56 Å². The number of hydrogen-bond acceptors (Lipinski definition) is 2. The predicted molar refractivity (Wildman–Crippen MR) is 78.4 cm³/mol. The fourth-order valence-corrected chi connectivity index (χ4v) is 1.82. The Bertz CT molecular complexity index is 448. The van der Waals surface area contributed by atoms with Crippen LogP contribution >= 0.6 is 11.6 Å². The molecule has 0 fully saturated rings. The highest BCUT2D eigenvalue weighted by molar-refractivity contribution is 6.30. The second kappa shape index (κ2) is 8.55. The predicted octanol–water partition coefficient (Wildman–Crippen LogP) is 0.217. The van der Waals surface area contributed by atoms with Gasteiger partial charge in [-0.3, -0.25) is 9.59 Å². The Morgan fingerprint density at radius 3 is 2.45 bits per heavy atom. The molecule has 0 radical (unpaired) electrons. The smallest absolute Gasteiger partial charge is 0.275 e. The van der Waals surface area contributed by atoms with E-state index in [4.69, 9.17) is 11.6 Å². The maximum atomic E-state index is 11.6. The van der Waals surface area contributed by atoms with E-state index in [1.54, 1.807) is 0 Å². The van der Waals surface area contributed by atoms with Gasteiger partial charge in [-0.2, -0.15) is 0 Å². The molecule has 1 aromatic carbocycles. The molecular weight excluding hydrogens is 278 g/mol. The summed E-state index contributed by atoms with van der Waals surface area (Å²) in [7, 11) is 0. The molecule has 0 unspecified atom stereocenters. The molecule has 0 saturated carbocycles. The molecule has 0 spiro atoms. The van der Waals surface area contributed by atoms with Crippen LogP contribution in [-0.4, -0.2) is 31.4 Å². The molecule has 0 aliphatic rings. The van der Waals surface area contributed by atoms with Gasteiger partial charge in [0.2, 0.25) is 5.91 Å². The van der Waals surface area contributed by atoms with Crippen molar-refractivity contribution in [2.45, 2.75) is 19.9 Å². The third-order valence-corrected chi connectivity index (χ3v) is 3.12. The van der Waals surface area contributed by atoms with Crippen molar-refractivity contribution in [2.24, 2.45) is 0 Å². The number of benzene rings is 1. The van der Waals surface area contributed by atoms with Crippen LogP contribution in [0.5, 0.6) is 0 Å². The summed E-state index contributed by atoms with van der Waals surface area (Å²) in [5.74, 6) is -0.330. The van der Waals surface area contributed by atoms with Gasteiger partial charge in [0.25, 0.3) is 5.91 Å². The summed E-state index contributed by atoms with van der Waals surface area (Å²) in [6.07, 6.45) is 0. The van der Waals surface area contributed by atoms with Crippen molar-refractivity contribution in [1.82, 2.24) is 10.6 Å². The standard InChI is InChI=1S/C14H20ClN3O2/c1-3-16-13(19)9-18-14(20)8-17-10(2)11-4-6-12(15)7-5-11/h4-7,10,17H,3,8-9H2,1-2H3,(H,16,19)(H,18,20)/p+1/t10-/m1/s1. The van der Waals surface area contributed by atoms with E-state index in [0.29, 0.717) is 11.6 Å². The zero-order chi connectivity index (χ0) is 15.0. The summed E-state index contributed by atoms with van der Waals surface area (Å²) in [6, 6.07) is 7.70. The molecule has 110 valence electrons. The van der Waals surface area contributed by atoms with E-state index < -0.39 is 0 Å². The summed E-state index contributed by atoms with van der Waals surface area (Å²) in [6.45, 7) is 4.72. The lowest BCUT2D eigenvalue weighted by atomic mass is 10.1. The molecule has 0 aromatic heterocycles. The number of likely N-dealkylation sites (N-methyl/N-ethyl adjacent to an activating group) is 1. The van der Waals surface area contributed by atoms with Gasteiger partial charge in [-0.25, -0.2) is 0 Å². The summed E-state index contributed by atoms with van der Waals surface area (Å²) < 4.78 is 0. The largest absolute Gasteiger partial charge is 0.355 e. The number of quaternary nitrogens is 1. The summed E-state index contributed by atoms with van der Waals surface area (Å²) in [5.41, 5.74) is 1.10. The molecule has 0 aliphatic carbocycles. The van der Waals surface area contributed by atoms with Crippen LogP contribution in [0.1, 0.15) is 25.5 Å². The number of nitrogens with one attached hydrogen (secondary N) is 2. The Morgan fingerprint density at radius 2 is 1.85 bits per heavy atom. The highest BCUT2D eigenvalue weighted by atomic mass is 35.5. The average molecular weight is 299 g/mol. The van der Waals surface area contributed by atoms with Crippen molar-refractivity contribution in [1.29, 1.82) is 0 Å². The Kier molecular flexibility index (Phi) is 7.04. The minimum Gasteiger partial charge on any atom is -0.355 e. The lowest BCUT2D eigenvalue weighted by Gasteiger charge is -2.11. The zero-order valence-electron chi connectivity index (χ0n) is 11.8. The van der Waals surface area contributed by atoms with Crippen LogP contribution in [-0.2, 0) is 9.59 Å². The Hall–Kier alpha value is -1.59. The Balaban J connectivity index is 2.30. The lowest BCUT2D eigenvalue weighted by Crippen LogP contribution is -2.87. The van der Waals surface area contributed by atoms with Gasteiger partial charge in [-0.1, -0.05) is 23.7 Å². The Labute approximate surface area is 124 Å². The summed E-state index contributed by atoms with van der Waals surface area (Å²) in [4.78, 5) is 22.8. The van der Waals surface area contributed by atoms with Crippen molar-refractivity contribution in [3.8, 4) is 0 Å². The number of carbonyl (C=O) groups is 2. The molecule has 2 amide bonds. The molecule has 0 bridgehead atoms. The molecule has 20 heavy (non-hydrogen) atoms. The lowest BCUT2D eigenvalue weighted by molar-refractivity contribution is -0.682. The van der Waals surface area contributed by atoms with Crippen LogP contribution < -0.4 is 16.0 Å². The quantitative estimate of drug-likeness (QED) is 0.673. The fourth-order valence-electron chi connectivity index (χ4n) is 1.70. The van der Waals surface area contributed by atoms with Crippen LogP contribution in [0, 0.1) is 0 Å². The van der Waals surface area contributed by atoms with Gasteiger partial charge in [-0.05, 0) is 26.0 Å². The molecule has 0 aliphatic heterocycles. The van der Waals surface area contributed by atoms with Crippen LogP contribution in [0.4, 0.5) is 0 Å². The SMILES string of the molecule is CCNC(=O)CNC(=O)C[NH2+][C@H](C)c1ccc(Cl)cc1. The van der Waals surface area contributed by atoms with E-state index in [1.807, 2.05) is 43.4 Å². The fraction of sp³-hybridized carbons (Fsp3) is 0.429. The molecule has 0 saturated heterocycles. The zero-order valence-corrected chi connectivity index (χ0v) is 12.5. The summed E-state index contributed by atoms with van der Waals surface area (Å²) in [5, 5.41) is 7.81. The Morgan fingerprint density at radius 1 is 1.20 bits per heavy atom. The molecule has 6 heteroatoms. The normalized spacial score (nSPS) is 11.8. The first kappa shape index (κ1) is 16.5. The van der Waals surface area contributed by atoms with E-state index in [-0.39, 0.29) is 30.9 Å². The van der Waals surface area contributed by atoms with Crippen molar-refractivity contribution in [3.63, 3.8) is 0 Å². The first-order valence-corrected chi connectivity index (χ1v) is 7.03. The van der Waals surface area contributed by atoms with Crippen LogP contribution in [0.15, 0.2) is 24.3 Å². The van der Waals surface area contributed by atoms with Crippen molar-refractivity contribution in [3.05, 3.63) is 34.9 Å². The molecular formula is C14H21ClN3O2+. The number of carbonyl (C=O) groups excluding carboxylic acids is 2. The molecule has 5 nitrogen and oxygen atoms in total. The van der Waals surface area contributed by atoms with E-state index in [2.05, 4.69) is 10.6 Å². The molecule has 0 heterocycles. The summed E-state index contributed by atoms with van der Waals surface area (Å²) >= 11 is 5.83. The third-order valence-electron chi connectivity index (χ3n) is 2.87. The second-order valence-electron chi connectivity index (χ2n) is 4.51. The van der Waals surface area contributed by atoms with E-state index in [1.165, 1.54) is 0 Å². The van der Waals surface area contributed by atoms with Gasteiger partial charge >= 0.3 is 0 Å². The monoisotopic (exact) mass is 298 g/mol. The number of amides is 2. The van der Waals surface area contributed by atoms with Crippen LogP contribution in [0.25, 0.3) is 0 Å². The maximum absolute atomic E-state index is 11.6. The van der Waals surface area contributed by atoms with E-state index >= 15 is 0 Å².